The molecule has 1 atom stereocenters. The van der Waals surface area contributed by atoms with Crippen LogP contribution in [0.3, 0.4) is 0 Å². The minimum Gasteiger partial charge on any atom is -0.492 e. The average Bonchev–Trinajstić information content (AvgIpc) is 2.90. The molecule has 1 aliphatic carbocycles. The van der Waals surface area contributed by atoms with E-state index < -0.39 is 12.1 Å². The molecule has 3 rings (SSSR count). The number of hydrogen-bond donors (Lipinski definition) is 2. The molecule has 0 aromatic heterocycles. The van der Waals surface area contributed by atoms with Crippen molar-refractivity contribution in [2.45, 2.75) is 64.4 Å². The first kappa shape index (κ1) is 28.8. The molecule has 0 spiro atoms. The van der Waals surface area contributed by atoms with E-state index in [1.807, 2.05) is 29.2 Å². The Hall–Kier alpha value is -2.77. The average molecular weight is 531 g/mol. The number of amides is 2. The van der Waals surface area contributed by atoms with Gasteiger partial charge in [0, 0.05) is 30.3 Å². The topological polar surface area (TPSA) is 88.1 Å². The summed E-state index contributed by atoms with van der Waals surface area (Å²) < 4.78 is 11.2. The van der Waals surface area contributed by atoms with Gasteiger partial charge in [-0.3, -0.25) is 0 Å². The number of carboxylic acid groups (broad SMARTS) is 1. The zero-order valence-electron chi connectivity index (χ0n) is 21.7. The highest BCUT2D eigenvalue weighted by Crippen LogP contribution is 2.27. The fourth-order valence-electron chi connectivity index (χ4n) is 4.73. The molecule has 37 heavy (non-hydrogen) atoms. The van der Waals surface area contributed by atoms with E-state index in [1.54, 1.807) is 31.2 Å². The molecule has 0 bridgehead atoms. The number of carbonyl (C=O) groups is 2. The number of urea groups is 1. The Bertz CT molecular complexity index is 961. The van der Waals surface area contributed by atoms with Crippen molar-refractivity contribution < 1.29 is 24.2 Å². The summed E-state index contributed by atoms with van der Waals surface area (Å²) in [4.78, 5) is 26.2. The Morgan fingerprint density at radius 3 is 2.41 bits per heavy atom. The van der Waals surface area contributed by atoms with Gasteiger partial charge in [-0.1, -0.05) is 55.8 Å². The Balaban J connectivity index is 1.52. The SMILES string of the molecule is CCOC(Cc1ccc(OCCN(CCCC2CCCCC2)C(=O)Nc2ccc(Cl)cc2)cc1)C(=O)O. The number of hydrogen-bond acceptors (Lipinski definition) is 4. The molecule has 0 saturated heterocycles. The maximum atomic E-state index is 13.0. The molecule has 2 amide bonds. The lowest BCUT2D eigenvalue weighted by Gasteiger charge is -2.26. The minimum atomic E-state index is -0.970. The van der Waals surface area contributed by atoms with Gasteiger partial charge < -0.3 is 24.8 Å². The largest absolute Gasteiger partial charge is 0.492 e. The van der Waals surface area contributed by atoms with Crippen molar-refractivity contribution in [1.29, 1.82) is 0 Å². The van der Waals surface area contributed by atoms with E-state index in [0.717, 1.165) is 24.3 Å². The number of halogens is 1. The summed E-state index contributed by atoms with van der Waals surface area (Å²) in [6, 6.07) is 14.3. The molecule has 2 aromatic carbocycles. The molecule has 2 N–H and O–H groups in total. The number of nitrogens with zero attached hydrogens (tertiary/aromatic N) is 1. The third-order valence-corrected chi connectivity index (χ3v) is 7.02. The number of ether oxygens (including phenoxy) is 2. The summed E-state index contributed by atoms with van der Waals surface area (Å²) in [5, 5.41) is 12.9. The van der Waals surface area contributed by atoms with Gasteiger partial charge in [-0.15, -0.1) is 0 Å². The molecule has 1 aliphatic rings. The second-order valence-corrected chi connectivity index (χ2v) is 9.99. The molecular weight excluding hydrogens is 492 g/mol. The Morgan fingerprint density at radius 2 is 1.76 bits per heavy atom. The number of carbonyl (C=O) groups excluding carboxylic acids is 1. The fourth-order valence-corrected chi connectivity index (χ4v) is 4.85. The zero-order valence-corrected chi connectivity index (χ0v) is 22.4. The van der Waals surface area contributed by atoms with Gasteiger partial charge in [-0.2, -0.15) is 0 Å². The number of aliphatic carboxylic acids is 1. The van der Waals surface area contributed by atoms with Crippen LogP contribution in [-0.4, -0.2) is 54.4 Å². The molecule has 1 saturated carbocycles. The predicted molar refractivity (Wildman–Crippen MR) is 147 cm³/mol. The maximum absolute atomic E-state index is 13.0. The van der Waals surface area contributed by atoms with E-state index in [2.05, 4.69) is 5.32 Å². The first-order chi connectivity index (χ1) is 17.9. The van der Waals surface area contributed by atoms with Crippen molar-refractivity contribution in [3.63, 3.8) is 0 Å². The van der Waals surface area contributed by atoms with E-state index >= 15 is 0 Å². The van der Waals surface area contributed by atoms with Crippen LogP contribution in [-0.2, 0) is 16.0 Å². The molecule has 0 heterocycles. The summed E-state index contributed by atoms with van der Waals surface area (Å²) in [7, 11) is 0. The van der Waals surface area contributed by atoms with E-state index in [-0.39, 0.29) is 6.03 Å². The fraction of sp³-hybridized carbons (Fsp3) is 0.517. The summed E-state index contributed by atoms with van der Waals surface area (Å²) in [6.07, 6.45) is 8.13. The van der Waals surface area contributed by atoms with Crippen molar-refractivity contribution in [1.82, 2.24) is 4.90 Å². The van der Waals surface area contributed by atoms with Crippen LogP contribution in [0.25, 0.3) is 0 Å². The Kier molecular flexibility index (Phi) is 12.0. The lowest BCUT2D eigenvalue weighted by molar-refractivity contribution is -0.149. The van der Waals surface area contributed by atoms with Crippen LogP contribution in [0.1, 0.15) is 57.4 Å². The van der Waals surface area contributed by atoms with E-state index in [1.165, 1.54) is 32.1 Å². The smallest absolute Gasteiger partial charge is 0.333 e. The van der Waals surface area contributed by atoms with Gasteiger partial charge in [0.2, 0.25) is 0 Å². The van der Waals surface area contributed by atoms with Crippen LogP contribution in [0.15, 0.2) is 48.5 Å². The van der Waals surface area contributed by atoms with Crippen molar-refractivity contribution in [2.24, 2.45) is 5.92 Å². The first-order valence-electron chi connectivity index (χ1n) is 13.3. The van der Waals surface area contributed by atoms with Gasteiger partial charge in [0.25, 0.3) is 0 Å². The van der Waals surface area contributed by atoms with Gasteiger partial charge in [-0.25, -0.2) is 9.59 Å². The molecule has 7 nitrogen and oxygen atoms in total. The quantitative estimate of drug-likeness (QED) is 0.285. The van der Waals surface area contributed by atoms with Gasteiger partial charge in [0.1, 0.15) is 12.4 Å². The molecule has 2 aromatic rings. The summed E-state index contributed by atoms with van der Waals surface area (Å²) in [6.45, 7) is 3.61. The third kappa shape index (κ3) is 10.3. The van der Waals surface area contributed by atoms with Crippen LogP contribution < -0.4 is 10.1 Å². The van der Waals surface area contributed by atoms with E-state index in [4.69, 9.17) is 21.1 Å². The highest BCUT2D eigenvalue weighted by molar-refractivity contribution is 6.30. The minimum absolute atomic E-state index is 0.152. The third-order valence-electron chi connectivity index (χ3n) is 6.77. The number of nitrogens with one attached hydrogen (secondary N) is 1. The number of benzene rings is 2. The van der Waals surface area contributed by atoms with Gasteiger partial charge in [-0.05, 0) is 67.6 Å². The summed E-state index contributed by atoms with van der Waals surface area (Å²) >= 11 is 5.97. The van der Waals surface area contributed by atoms with Gasteiger partial charge in [0.05, 0.1) is 6.54 Å². The van der Waals surface area contributed by atoms with Crippen molar-refractivity contribution in [3.8, 4) is 5.75 Å². The van der Waals surface area contributed by atoms with E-state index in [9.17, 15) is 14.7 Å². The molecule has 0 radical (unpaired) electrons. The standard InChI is InChI=1S/C29H39ClN2O5/c1-2-36-27(28(33)34)21-23-10-16-26(17-11-23)37-20-19-32(18-6-9-22-7-4-3-5-8-22)29(35)31-25-14-12-24(30)13-15-25/h10-17,22,27H,2-9,18-21H2,1H3,(H,31,35)(H,33,34). The van der Waals surface area contributed by atoms with Gasteiger partial charge in [0.15, 0.2) is 6.10 Å². The second-order valence-electron chi connectivity index (χ2n) is 9.55. The van der Waals surface area contributed by atoms with Crippen molar-refractivity contribution in [3.05, 3.63) is 59.1 Å². The maximum Gasteiger partial charge on any atom is 0.333 e. The van der Waals surface area contributed by atoms with Crippen molar-refractivity contribution >= 4 is 29.3 Å². The Morgan fingerprint density at radius 1 is 1.05 bits per heavy atom. The summed E-state index contributed by atoms with van der Waals surface area (Å²) in [5.74, 6) is 0.475. The van der Waals surface area contributed by atoms with Crippen LogP contribution in [0.4, 0.5) is 10.5 Å². The highest BCUT2D eigenvalue weighted by Gasteiger charge is 2.19. The lowest BCUT2D eigenvalue weighted by atomic mass is 9.86. The second kappa shape index (κ2) is 15.5. The highest BCUT2D eigenvalue weighted by atomic mass is 35.5. The molecular formula is C29H39ClN2O5. The molecule has 202 valence electrons. The van der Waals surface area contributed by atoms with Crippen molar-refractivity contribution in [2.75, 3.05) is 31.6 Å². The number of anilines is 1. The number of carboxylic acids is 1. The first-order valence-corrected chi connectivity index (χ1v) is 13.7. The van der Waals surface area contributed by atoms with Crippen LogP contribution in [0, 0.1) is 5.92 Å². The summed E-state index contributed by atoms with van der Waals surface area (Å²) in [5.41, 5.74) is 1.56. The zero-order chi connectivity index (χ0) is 26.5. The Labute approximate surface area is 225 Å². The normalized spacial score (nSPS) is 14.6. The molecule has 1 fully saturated rings. The predicted octanol–water partition coefficient (Wildman–Crippen LogP) is 6.65. The van der Waals surface area contributed by atoms with E-state index in [0.29, 0.717) is 49.2 Å². The lowest BCUT2D eigenvalue weighted by Crippen LogP contribution is -2.38. The molecule has 8 heteroatoms. The molecule has 0 aliphatic heterocycles. The number of rotatable bonds is 14. The van der Waals surface area contributed by atoms with Crippen LogP contribution in [0.2, 0.25) is 5.02 Å². The molecule has 1 unspecified atom stereocenters. The van der Waals surface area contributed by atoms with Gasteiger partial charge >= 0.3 is 12.0 Å². The van der Waals surface area contributed by atoms with Crippen LogP contribution in [0.5, 0.6) is 5.75 Å². The monoisotopic (exact) mass is 530 g/mol. The van der Waals surface area contributed by atoms with Crippen LogP contribution >= 0.6 is 11.6 Å².